The Labute approximate surface area is 199 Å². The molecule has 0 spiro atoms. The molecular formula is C27H32N2O5. The quantitative estimate of drug-likeness (QED) is 0.540. The molecule has 3 atom stereocenters. The van der Waals surface area contributed by atoms with Crippen LogP contribution in [-0.2, 0) is 14.3 Å². The minimum Gasteiger partial charge on any atom is -0.481 e. The summed E-state index contributed by atoms with van der Waals surface area (Å²) in [5.74, 6) is -1.57. The number of benzene rings is 2. The Morgan fingerprint density at radius 3 is 2.21 bits per heavy atom. The fourth-order valence-corrected chi connectivity index (χ4v) is 5.17. The van der Waals surface area contributed by atoms with Gasteiger partial charge in [-0.2, -0.15) is 0 Å². The molecule has 2 amide bonds. The summed E-state index contributed by atoms with van der Waals surface area (Å²) in [6.07, 6.45) is 1.50. The summed E-state index contributed by atoms with van der Waals surface area (Å²) in [4.78, 5) is 36.7. The van der Waals surface area contributed by atoms with Crippen molar-refractivity contribution in [3.05, 3.63) is 59.7 Å². The Morgan fingerprint density at radius 1 is 1.00 bits per heavy atom. The van der Waals surface area contributed by atoms with Gasteiger partial charge in [0.1, 0.15) is 6.61 Å². The van der Waals surface area contributed by atoms with Crippen LogP contribution in [0, 0.1) is 11.8 Å². The van der Waals surface area contributed by atoms with E-state index in [9.17, 15) is 14.4 Å². The summed E-state index contributed by atoms with van der Waals surface area (Å²) in [5.41, 5.74) is 4.63. The number of amides is 2. The molecule has 1 fully saturated rings. The minimum atomic E-state index is -0.946. The van der Waals surface area contributed by atoms with Crippen LogP contribution in [0.25, 0.3) is 11.1 Å². The molecule has 0 aliphatic heterocycles. The van der Waals surface area contributed by atoms with Gasteiger partial charge in [-0.25, -0.2) is 4.79 Å². The van der Waals surface area contributed by atoms with Crippen LogP contribution >= 0.6 is 0 Å². The number of fused-ring (bicyclic) bond motifs is 3. The summed E-state index contributed by atoms with van der Waals surface area (Å²) in [6.45, 7) is 3.99. The Balaban J connectivity index is 1.36. The van der Waals surface area contributed by atoms with E-state index in [0.29, 0.717) is 12.8 Å². The largest absolute Gasteiger partial charge is 0.481 e. The molecule has 0 aromatic heterocycles. The zero-order valence-corrected chi connectivity index (χ0v) is 19.6. The summed E-state index contributed by atoms with van der Waals surface area (Å²) in [5, 5.41) is 14.9. The third-order valence-electron chi connectivity index (χ3n) is 7.03. The lowest BCUT2D eigenvalue weighted by molar-refractivity contribution is -0.138. The van der Waals surface area contributed by atoms with Crippen LogP contribution in [0.15, 0.2) is 48.5 Å². The molecule has 180 valence electrons. The highest BCUT2D eigenvalue weighted by molar-refractivity contribution is 5.82. The second kappa shape index (κ2) is 10.3. The van der Waals surface area contributed by atoms with Crippen LogP contribution in [0.3, 0.4) is 0 Å². The van der Waals surface area contributed by atoms with E-state index < -0.39 is 24.0 Å². The van der Waals surface area contributed by atoms with Crippen molar-refractivity contribution < 1.29 is 24.2 Å². The van der Waals surface area contributed by atoms with Gasteiger partial charge in [0.15, 0.2) is 0 Å². The summed E-state index contributed by atoms with van der Waals surface area (Å²) >= 11 is 0. The molecule has 2 aromatic rings. The molecule has 0 unspecified atom stereocenters. The molecule has 34 heavy (non-hydrogen) atoms. The van der Waals surface area contributed by atoms with Gasteiger partial charge in [0, 0.05) is 18.0 Å². The molecule has 0 bridgehead atoms. The van der Waals surface area contributed by atoms with Crippen LogP contribution in [0.1, 0.15) is 56.6 Å². The molecule has 1 saturated carbocycles. The highest BCUT2D eigenvalue weighted by Crippen LogP contribution is 2.44. The first kappa shape index (κ1) is 23.8. The highest BCUT2D eigenvalue weighted by Gasteiger charge is 2.36. The summed E-state index contributed by atoms with van der Waals surface area (Å²) in [6, 6.07) is 15.6. The van der Waals surface area contributed by atoms with Gasteiger partial charge in [-0.05, 0) is 41.0 Å². The highest BCUT2D eigenvalue weighted by atomic mass is 16.5. The maximum Gasteiger partial charge on any atom is 0.407 e. The van der Waals surface area contributed by atoms with E-state index in [0.717, 1.165) is 17.5 Å². The first-order valence-electron chi connectivity index (χ1n) is 12.0. The average Bonchev–Trinajstić information content (AvgIpc) is 3.39. The van der Waals surface area contributed by atoms with Crippen LogP contribution in [-0.4, -0.2) is 41.8 Å². The molecule has 7 heteroatoms. The van der Waals surface area contributed by atoms with Gasteiger partial charge < -0.3 is 20.5 Å². The Kier molecular flexibility index (Phi) is 7.20. The lowest BCUT2D eigenvalue weighted by atomic mass is 9.97. The number of aliphatic carboxylic acids is 1. The molecule has 2 aliphatic rings. The fourth-order valence-electron chi connectivity index (χ4n) is 5.17. The van der Waals surface area contributed by atoms with Crippen molar-refractivity contribution in [2.75, 3.05) is 6.61 Å². The second-order valence-electron chi connectivity index (χ2n) is 9.57. The van der Waals surface area contributed by atoms with E-state index in [1.54, 1.807) is 0 Å². The van der Waals surface area contributed by atoms with Gasteiger partial charge in [-0.15, -0.1) is 0 Å². The van der Waals surface area contributed by atoms with Crippen molar-refractivity contribution in [3.63, 3.8) is 0 Å². The first-order valence-corrected chi connectivity index (χ1v) is 12.0. The van der Waals surface area contributed by atoms with Crippen molar-refractivity contribution in [1.82, 2.24) is 10.6 Å². The molecular weight excluding hydrogens is 432 g/mol. The van der Waals surface area contributed by atoms with Gasteiger partial charge in [0.25, 0.3) is 0 Å². The van der Waals surface area contributed by atoms with E-state index >= 15 is 0 Å². The molecule has 3 N–H and O–H groups in total. The molecule has 7 nitrogen and oxygen atoms in total. The zero-order chi connectivity index (χ0) is 24.2. The average molecular weight is 465 g/mol. The van der Waals surface area contributed by atoms with Crippen molar-refractivity contribution >= 4 is 18.0 Å². The second-order valence-corrected chi connectivity index (χ2v) is 9.57. The Morgan fingerprint density at radius 2 is 1.62 bits per heavy atom. The van der Waals surface area contributed by atoms with E-state index in [1.165, 1.54) is 11.1 Å². The van der Waals surface area contributed by atoms with E-state index in [2.05, 4.69) is 34.9 Å². The lowest BCUT2D eigenvalue weighted by Crippen LogP contribution is -2.48. The number of alkyl carbamates (subject to hydrolysis) is 1. The zero-order valence-electron chi connectivity index (χ0n) is 19.6. The van der Waals surface area contributed by atoms with Crippen molar-refractivity contribution in [3.8, 4) is 11.1 Å². The number of rotatable bonds is 8. The van der Waals surface area contributed by atoms with Gasteiger partial charge >= 0.3 is 12.1 Å². The lowest BCUT2D eigenvalue weighted by Gasteiger charge is -2.25. The Hall–Kier alpha value is -3.35. The molecule has 0 heterocycles. The van der Waals surface area contributed by atoms with Crippen LogP contribution < -0.4 is 10.6 Å². The van der Waals surface area contributed by atoms with E-state index in [-0.39, 0.29) is 36.8 Å². The normalized spacial score (nSPS) is 19.9. The standard InChI is InChI=1S/C27H32N2O5/c1-16(2)24(14-25(30)31)28-26(32)21-12-7-13-23(21)29-27(33)34-15-22-19-10-5-3-8-17(19)18-9-4-6-11-20(18)22/h3-6,8-11,16,21-24H,7,12-15H2,1-2H3,(H,28,32)(H,29,33)(H,30,31)/t21-,23+,24+/m1/s1. The van der Waals surface area contributed by atoms with Gasteiger partial charge in [-0.1, -0.05) is 68.8 Å². The smallest absolute Gasteiger partial charge is 0.407 e. The van der Waals surface area contributed by atoms with Crippen LogP contribution in [0.4, 0.5) is 4.79 Å². The monoisotopic (exact) mass is 464 g/mol. The Bertz CT molecular complexity index is 1020. The van der Waals surface area contributed by atoms with Gasteiger partial charge in [0.2, 0.25) is 5.91 Å². The van der Waals surface area contributed by atoms with E-state index in [4.69, 9.17) is 9.84 Å². The van der Waals surface area contributed by atoms with Gasteiger partial charge in [-0.3, -0.25) is 9.59 Å². The topological polar surface area (TPSA) is 105 Å². The maximum atomic E-state index is 12.9. The third kappa shape index (κ3) is 5.08. The van der Waals surface area contributed by atoms with Gasteiger partial charge in [0.05, 0.1) is 12.3 Å². The first-order chi connectivity index (χ1) is 16.3. The number of carboxylic acid groups (broad SMARTS) is 1. The van der Waals surface area contributed by atoms with Crippen molar-refractivity contribution in [1.29, 1.82) is 0 Å². The number of carbonyl (C=O) groups excluding carboxylic acids is 2. The number of carboxylic acids is 1. The fraction of sp³-hybridized carbons (Fsp3) is 0.444. The number of nitrogens with one attached hydrogen (secondary N) is 2. The molecule has 0 saturated heterocycles. The summed E-state index contributed by atoms with van der Waals surface area (Å²) in [7, 11) is 0. The number of carbonyl (C=O) groups is 3. The maximum absolute atomic E-state index is 12.9. The van der Waals surface area contributed by atoms with E-state index in [1.807, 2.05) is 38.1 Å². The predicted octanol–water partition coefficient (Wildman–Crippen LogP) is 4.31. The molecule has 4 rings (SSSR count). The van der Waals surface area contributed by atoms with Crippen molar-refractivity contribution in [2.24, 2.45) is 11.8 Å². The number of hydrogen-bond acceptors (Lipinski definition) is 4. The summed E-state index contributed by atoms with van der Waals surface area (Å²) < 4.78 is 5.64. The SMILES string of the molecule is CC(C)[C@H](CC(=O)O)NC(=O)[C@@H]1CCC[C@@H]1NC(=O)OCC1c2ccccc2-c2ccccc21. The van der Waals surface area contributed by atoms with Crippen LogP contribution in [0.2, 0.25) is 0 Å². The third-order valence-corrected chi connectivity index (χ3v) is 7.03. The molecule has 2 aliphatic carbocycles. The minimum absolute atomic E-state index is 0.00463. The molecule has 0 radical (unpaired) electrons. The van der Waals surface area contributed by atoms with Crippen LogP contribution in [0.5, 0.6) is 0 Å². The predicted molar refractivity (Wildman–Crippen MR) is 128 cm³/mol. The van der Waals surface area contributed by atoms with Crippen molar-refractivity contribution in [2.45, 2.75) is 57.5 Å². The molecule has 2 aromatic carbocycles. The number of ether oxygens (including phenoxy) is 1. The number of hydrogen-bond donors (Lipinski definition) is 3.